The second-order valence-corrected chi connectivity index (χ2v) is 6.31. The number of nitrogens with zero attached hydrogens (tertiary/aromatic N) is 1. The summed E-state index contributed by atoms with van der Waals surface area (Å²) < 4.78 is 10.4. The van der Waals surface area contributed by atoms with Gasteiger partial charge in [-0.25, -0.2) is 10.2 Å². The fourth-order valence-corrected chi connectivity index (χ4v) is 2.76. The minimum absolute atomic E-state index is 0.258. The van der Waals surface area contributed by atoms with Gasteiger partial charge in [-0.2, -0.15) is 5.10 Å². The van der Waals surface area contributed by atoms with Crippen molar-refractivity contribution in [2.24, 2.45) is 5.10 Å². The van der Waals surface area contributed by atoms with E-state index < -0.39 is 5.97 Å². The monoisotopic (exact) mass is 380 g/mol. The Bertz CT molecular complexity index is 933. The fraction of sp³-hybridized carbons (Fsp3) is 0.0500. The van der Waals surface area contributed by atoms with Crippen LogP contribution in [0.2, 0.25) is 0 Å². The first kappa shape index (κ1) is 18.3. The molecular weight excluding hydrogens is 364 g/mol. The summed E-state index contributed by atoms with van der Waals surface area (Å²) in [5.41, 5.74) is 3.64. The predicted octanol–water partition coefficient (Wildman–Crippen LogP) is 3.74. The first-order chi connectivity index (χ1) is 13.2. The summed E-state index contributed by atoms with van der Waals surface area (Å²) in [4.78, 5) is 24.5. The van der Waals surface area contributed by atoms with Crippen LogP contribution in [0.1, 0.15) is 25.6 Å². The van der Waals surface area contributed by atoms with Gasteiger partial charge in [0.2, 0.25) is 0 Å². The third-order valence-corrected chi connectivity index (χ3v) is 4.41. The lowest BCUT2D eigenvalue weighted by Gasteiger charge is -2.05. The van der Waals surface area contributed by atoms with Crippen LogP contribution < -0.4 is 14.9 Å². The fourth-order valence-electron chi connectivity index (χ4n) is 2.14. The molecule has 136 valence electrons. The van der Waals surface area contributed by atoms with Crippen LogP contribution in [0.5, 0.6) is 11.5 Å². The van der Waals surface area contributed by atoms with Crippen LogP contribution in [0, 0.1) is 0 Å². The molecule has 1 amide bonds. The maximum absolute atomic E-state index is 12.1. The first-order valence-electron chi connectivity index (χ1n) is 7.99. The highest BCUT2D eigenvalue weighted by Crippen LogP contribution is 2.16. The van der Waals surface area contributed by atoms with Gasteiger partial charge in [-0.3, -0.25) is 4.79 Å². The summed E-state index contributed by atoms with van der Waals surface area (Å²) >= 11 is 1.34. The van der Waals surface area contributed by atoms with Crippen molar-refractivity contribution in [2.75, 3.05) is 7.11 Å². The van der Waals surface area contributed by atoms with E-state index in [1.807, 2.05) is 5.38 Å². The van der Waals surface area contributed by atoms with E-state index in [9.17, 15) is 9.59 Å². The van der Waals surface area contributed by atoms with E-state index in [4.69, 9.17) is 9.47 Å². The predicted molar refractivity (Wildman–Crippen MR) is 104 cm³/mol. The number of carbonyl (C=O) groups excluding carboxylic acids is 2. The van der Waals surface area contributed by atoms with E-state index in [1.54, 1.807) is 67.8 Å². The van der Waals surface area contributed by atoms with Gasteiger partial charge in [0.15, 0.2) is 0 Å². The highest BCUT2D eigenvalue weighted by Gasteiger charge is 2.08. The molecule has 0 aliphatic carbocycles. The molecule has 0 saturated carbocycles. The quantitative estimate of drug-likeness (QED) is 0.306. The van der Waals surface area contributed by atoms with Crippen molar-refractivity contribution in [3.63, 3.8) is 0 Å². The van der Waals surface area contributed by atoms with Crippen molar-refractivity contribution in [2.45, 2.75) is 0 Å². The Balaban J connectivity index is 1.55. The van der Waals surface area contributed by atoms with Crippen LogP contribution in [0.25, 0.3) is 0 Å². The molecule has 7 heteroatoms. The topological polar surface area (TPSA) is 77.0 Å². The number of thiophene rings is 1. The Hall–Kier alpha value is -3.45. The van der Waals surface area contributed by atoms with Crippen LogP contribution in [0.4, 0.5) is 0 Å². The Labute approximate surface area is 160 Å². The van der Waals surface area contributed by atoms with E-state index in [0.717, 1.165) is 5.56 Å². The number of esters is 1. The zero-order chi connectivity index (χ0) is 19.1. The molecule has 1 N–H and O–H groups in total. The standard InChI is InChI=1S/C20H16N2O4S/c1-25-16-10-6-15(7-11-16)20(24)26-17-8-4-14(5-9-17)13-21-22-19(23)18-3-2-12-27-18/h2-13H,1H3,(H,22,23)/b21-13-. The number of methoxy groups -OCH3 is 1. The molecule has 0 aliphatic rings. The molecule has 6 nitrogen and oxygen atoms in total. The van der Waals surface area contributed by atoms with Crippen molar-refractivity contribution >= 4 is 29.4 Å². The van der Waals surface area contributed by atoms with Gasteiger partial charge in [0.05, 0.1) is 23.8 Å². The third kappa shape index (κ3) is 5.02. The van der Waals surface area contributed by atoms with Gasteiger partial charge in [0.1, 0.15) is 11.5 Å². The maximum Gasteiger partial charge on any atom is 0.343 e. The largest absolute Gasteiger partial charge is 0.497 e. The molecule has 27 heavy (non-hydrogen) atoms. The third-order valence-electron chi connectivity index (χ3n) is 3.54. The van der Waals surface area contributed by atoms with E-state index in [-0.39, 0.29) is 5.91 Å². The number of carbonyl (C=O) groups is 2. The number of hydrogen-bond acceptors (Lipinski definition) is 6. The average molecular weight is 380 g/mol. The van der Waals surface area contributed by atoms with Gasteiger partial charge in [-0.05, 0) is 65.5 Å². The molecule has 0 unspecified atom stereocenters. The van der Waals surface area contributed by atoms with Crippen molar-refractivity contribution in [1.29, 1.82) is 0 Å². The summed E-state index contributed by atoms with van der Waals surface area (Å²) in [6.07, 6.45) is 1.51. The Kier molecular flexibility index (Phi) is 5.96. The average Bonchev–Trinajstić information content (AvgIpc) is 3.24. The Morgan fingerprint density at radius 3 is 2.33 bits per heavy atom. The summed E-state index contributed by atoms with van der Waals surface area (Å²) in [6, 6.07) is 17.0. The Morgan fingerprint density at radius 2 is 1.70 bits per heavy atom. The molecule has 3 rings (SSSR count). The number of hydrogen-bond donors (Lipinski definition) is 1. The molecule has 2 aromatic carbocycles. The number of ether oxygens (including phenoxy) is 2. The van der Waals surface area contributed by atoms with Gasteiger partial charge in [0.25, 0.3) is 5.91 Å². The molecule has 0 spiro atoms. The van der Waals surface area contributed by atoms with Gasteiger partial charge < -0.3 is 9.47 Å². The molecule has 3 aromatic rings. The van der Waals surface area contributed by atoms with E-state index in [0.29, 0.717) is 21.9 Å². The molecular formula is C20H16N2O4S. The molecule has 0 radical (unpaired) electrons. The normalized spacial score (nSPS) is 10.6. The van der Waals surface area contributed by atoms with Crippen LogP contribution in [-0.2, 0) is 0 Å². The highest BCUT2D eigenvalue weighted by molar-refractivity contribution is 7.12. The van der Waals surface area contributed by atoms with Crippen LogP contribution in [-0.4, -0.2) is 25.2 Å². The number of amides is 1. The van der Waals surface area contributed by atoms with Crippen LogP contribution in [0.3, 0.4) is 0 Å². The lowest BCUT2D eigenvalue weighted by molar-refractivity contribution is 0.0734. The van der Waals surface area contributed by atoms with Gasteiger partial charge in [-0.15, -0.1) is 11.3 Å². The zero-order valence-electron chi connectivity index (χ0n) is 14.4. The number of nitrogens with one attached hydrogen (secondary N) is 1. The van der Waals surface area contributed by atoms with Gasteiger partial charge >= 0.3 is 5.97 Å². The van der Waals surface area contributed by atoms with Crippen LogP contribution in [0.15, 0.2) is 71.1 Å². The summed E-state index contributed by atoms with van der Waals surface area (Å²) in [7, 11) is 1.56. The molecule has 1 heterocycles. The van der Waals surface area contributed by atoms with Crippen molar-refractivity contribution in [1.82, 2.24) is 5.43 Å². The first-order valence-corrected chi connectivity index (χ1v) is 8.87. The SMILES string of the molecule is COc1ccc(C(=O)Oc2ccc(/C=N\NC(=O)c3cccs3)cc2)cc1. The van der Waals surface area contributed by atoms with Gasteiger partial charge in [-0.1, -0.05) is 6.07 Å². The van der Waals surface area contributed by atoms with E-state index in [2.05, 4.69) is 10.5 Å². The lowest BCUT2D eigenvalue weighted by Crippen LogP contribution is -2.16. The Morgan fingerprint density at radius 1 is 1.00 bits per heavy atom. The van der Waals surface area contributed by atoms with E-state index >= 15 is 0 Å². The minimum atomic E-state index is -0.456. The summed E-state index contributed by atoms with van der Waals surface area (Å²) in [5.74, 6) is 0.366. The smallest absolute Gasteiger partial charge is 0.343 e. The zero-order valence-corrected chi connectivity index (χ0v) is 15.2. The maximum atomic E-state index is 12.1. The van der Waals surface area contributed by atoms with Crippen molar-refractivity contribution < 1.29 is 19.1 Å². The number of rotatable bonds is 6. The molecule has 0 saturated heterocycles. The van der Waals surface area contributed by atoms with E-state index in [1.165, 1.54) is 17.6 Å². The highest BCUT2D eigenvalue weighted by atomic mass is 32.1. The van der Waals surface area contributed by atoms with Crippen molar-refractivity contribution in [3.8, 4) is 11.5 Å². The number of hydrazone groups is 1. The summed E-state index contributed by atoms with van der Waals surface area (Å²) in [5, 5.41) is 5.74. The molecule has 0 aliphatic heterocycles. The molecule has 0 fully saturated rings. The molecule has 0 bridgehead atoms. The molecule has 0 atom stereocenters. The lowest BCUT2D eigenvalue weighted by atomic mass is 10.2. The van der Waals surface area contributed by atoms with Gasteiger partial charge in [0, 0.05) is 0 Å². The second kappa shape index (κ2) is 8.77. The minimum Gasteiger partial charge on any atom is -0.497 e. The second-order valence-electron chi connectivity index (χ2n) is 5.36. The number of benzene rings is 2. The molecule has 1 aromatic heterocycles. The summed E-state index contributed by atoms with van der Waals surface area (Å²) in [6.45, 7) is 0. The van der Waals surface area contributed by atoms with Crippen molar-refractivity contribution in [3.05, 3.63) is 82.0 Å². The van der Waals surface area contributed by atoms with Crippen LogP contribution >= 0.6 is 11.3 Å².